The Morgan fingerprint density at radius 3 is 2.83 bits per heavy atom. The molecule has 0 saturated carbocycles. The Labute approximate surface area is 107 Å². The first-order valence-electron chi connectivity index (χ1n) is 5.81. The first kappa shape index (κ1) is 15.0. The van der Waals surface area contributed by atoms with Crippen LogP contribution in [0.2, 0.25) is 0 Å². The van der Waals surface area contributed by atoms with Crippen LogP contribution < -0.4 is 10.5 Å². The Kier molecular flexibility index (Phi) is 5.64. The lowest BCUT2D eigenvalue weighted by Gasteiger charge is -2.14. The molecule has 0 bridgehead atoms. The molecule has 0 fully saturated rings. The van der Waals surface area contributed by atoms with Crippen molar-refractivity contribution in [3.63, 3.8) is 0 Å². The van der Waals surface area contributed by atoms with E-state index in [9.17, 15) is 12.8 Å². The monoisotopic (exact) mass is 275 g/mol. The fourth-order valence-electron chi connectivity index (χ4n) is 1.55. The highest BCUT2D eigenvalue weighted by molar-refractivity contribution is 7.89. The molecule has 0 aromatic carbocycles. The minimum Gasteiger partial charge on any atom is -0.330 e. The number of sulfonamides is 1. The molecule has 0 aliphatic carbocycles. The Morgan fingerprint density at radius 2 is 2.28 bits per heavy atom. The van der Waals surface area contributed by atoms with Crippen LogP contribution in [0.25, 0.3) is 0 Å². The standard InChI is InChI=1S/C11H18FN3O2S/c1-2-9(5-6-13)8-15-18(16,17)11-10(12)4-3-7-14-11/h3-4,7,9,15H,2,5-6,8,13H2,1H3. The van der Waals surface area contributed by atoms with E-state index in [4.69, 9.17) is 5.73 Å². The highest BCUT2D eigenvalue weighted by atomic mass is 32.2. The van der Waals surface area contributed by atoms with Gasteiger partial charge in [-0.25, -0.2) is 22.5 Å². The molecule has 0 amide bonds. The van der Waals surface area contributed by atoms with Gasteiger partial charge >= 0.3 is 0 Å². The third-order valence-electron chi connectivity index (χ3n) is 2.69. The highest BCUT2D eigenvalue weighted by Crippen LogP contribution is 2.11. The van der Waals surface area contributed by atoms with Gasteiger partial charge in [0, 0.05) is 12.7 Å². The molecule has 0 aliphatic rings. The topological polar surface area (TPSA) is 85.1 Å². The van der Waals surface area contributed by atoms with Crippen LogP contribution in [0.4, 0.5) is 4.39 Å². The van der Waals surface area contributed by atoms with Crippen LogP contribution in [0, 0.1) is 11.7 Å². The summed E-state index contributed by atoms with van der Waals surface area (Å²) in [5, 5.41) is -0.562. The predicted octanol–water partition coefficient (Wildman–Crippen LogP) is 0.874. The van der Waals surface area contributed by atoms with Crippen LogP contribution in [0.5, 0.6) is 0 Å². The molecular weight excluding hydrogens is 257 g/mol. The number of halogens is 1. The van der Waals surface area contributed by atoms with Gasteiger partial charge in [0.05, 0.1) is 0 Å². The van der Waals surface area contributed by atoms with Gasteiger partial charge in [0.2, 0.25) is 5.03 Å². The zero-order valence-corrected chi connectivity index (χ0v) is 11.1. The maximum atomic E-state index is 13.3. The molecule has 5 nitrogen and oxygen atoms in total. The summed E-state index contributed by atoms with van der Waals surface area (Å²) in [6, 6.07) is 2.41. The Morgan fingerprint density at radius 1 is 1.56 bits per heavy atom. The van der Waals surface area contributed by atoms with Crippen molar-refractivity contribution in [3.05, 3.63) is 24.1 Å². The molecule has 0 radical (unpaired) electrons. The van der Waals surface area contributed by atoms with E-state index >= 15 is 0 Å². The minimum absolute atomic E-state index is 0.150. The molecule has 0 aliphatic heterocycles. The van der Waals surface area contributed by atoms with Crippen molar-refractivity contribution >= 4 is 10.0 Å². The quantitative estimate of drug-likeness (QED) is 0.773. The molecule has 1 atom stereocenters. The molecule has 0 spiro atoms. The third-order valence-corrected chi connectivity index (χ3v) is 4.05. The normalized spacial score (nSPS) is 13.5. The van der Waals surface area contributed by atoms with Crippen LogP contribution in [-0.4, -0.2) is 26.5 Å². The third kappa shape index (κ3) is 4.01. The number of nitrogens with one attached hydrogen (secondary N) is 1. The largest absolute Gasteiger partial charge is 0.330 e. The number of rotatable bonds is 7. The summed E-state index contributed by atoms with van der Waals surface area (Å²) in [7, 11) is -3.89. The number of aromatic nitrogens is 1. The molecule has 3 N–H and O–H groups in total. The Bertz CT molecular complexity index is 479. The van der Waals surface area contributed by atoms with Gasteiger partial charge in [0.1, 0.15) is 0 Å². The zero-order chi connectivity index (χ0) is 13.6. The smallest absolute Gasteiger partial charge is 0.261 e. The van der Waals surface area contributed by atoms with Crippen molar-refractivity contribution in [1.29, 1.82) is 0 Å². The molecule has 1 rings (SSSR count). The number of hydrogen-bond donors (Lipinski definition) is 2. The first-order valence-corrected chi connectivity index (χ1v) is 7.29. The van der Waals surface area contributed by atoms with Crippen molar-refractivity contribution in [2.24, 2.45) is 11.7 Å². The molecule has 18 heavy (non-hydrogen) atoms. The second-order valence-electron chi connectivity index (χ2n) is 3.99. The maximum absolute atomic E-state index is 13.3. The molecule has 1 unspecified atom stereocenters. The van der Waals surface area contributed by atoms with E-state index in [0.29, 0.717) is 6.54 Å². The molecule has 1 aromatic heterocycles. The molecule has 1 heterocycles. The summed E-state index contributed by atoms with van der Waals surface area (Å²) in [4.78, 5) is 3.55. The zero-order valence-electron chi connectivity index (χ0n) is 10.3. The van der Waals surface area contributed by atoms with Gasteiger partial charge in [-0.05, 0) is 31.0 Å². The summed E-state index contributed by atoms with van der Waals surface area (Å²) in [6.07, 6.45) is 2.78. The van der Waals surface area contributed by atoms with Crippen LogP contribution in [0.3, 0.4) is 0 Å². The lowest BCUT2D eigenvalue weighted by molar-refractivity contribution is 0.463. The SMILES string of the molecule is CCC(CCN)CNS(=O)(=O)c1ncccc1F. The van der Waals surface area contributed by atoms with Crippen LogP contribution in [0.15, 0.2) is 23.4 Å². The minimum atomic E-state index is -3.89. The van der Waals surface area contributed by atoms with Gasteiger partial charge in [-0.2, -0.15) is 0 Å². The summed E-state index contributed by atoms with van der Waals surface area (Å²) in [6.45, 7) is 2.69. The van der Waals surface area contributed by atoms with E-state index in [1.807, 2.05) is 6.92 Å². The molecule has 102 valence electrons. The molecular formula is C11H18FN3O2S. The predicted molar refractivity (Wildman–Crippen MR) is 66.8 cm³/mol. The van der Waals surface area contributed by atoms with E-state index in [1.54, 1.807) is 0 Å². The van der Waals surface area contributed by atoms with Gasteiger partial charge in [-0.3, -0.25) is 0 Å². The molecule has 0 saturated heterocycles. The van der Waals surface area contributed by atoms with Gasteiger partial charge in [0.15, 0.2) is 5.82 Å². The first-order chi connectivity index (χ1) is 8.51. The van der Waals surface area contributed by atoms with Crippen molar-refractivity contribution in [2.75, 3.05) is 13.1 Å². The summed E-state index contributed by atoms with van der Waals surface area (Å²) >= 11 is 0. The van der Waals surface area contributed by atoms with Gasteiger partial charge in [0.25, 0.3) is 10.0 Å². The molecule has 7 heteroatoms. The lowest BCUT2D eigenvalue weighted by atomic mass is 10.0. The van der Waals surface area contributed by atoms with Crippen LogP contribution in [-0.2, 0) is 10.0 Å². The lowest BCUT2D eigenvalue weighted by Crippen LogP contribution is -2.31. The summed E-state index contributed by atoms with van der Waals surface area (Å²) in [5.41, 5.74) is 5.43. The highest BCUT2D eigenvalue weighted by Gasteiger charge is 2.21. The van der Waals surface area contributed by atoms with E-state index in [2.05, 4.69) is 9.71 Å². The second-order valence-corrected chi connectivity index (χ2v) is 5.68. The number of nitrogens with two attached hydrogens (primary N) is 1. The number of hydrogen-bond acceptors (Lipinski definition) is 4. The van der Waals surface area contributed by atoms with Crippen LogP contribution in [0.1, 0.15) is 19.8 Å². The molecule has 1 aromatic rings. The number of pyridine rings is 1. The van der Waals surface area contributed by atoms with Crippen molar-refractivity contribution in [1.82, 2.24) is 9.71 Å². The van der Waals surface area contributed by atoms with Crippen LogP contribution >= 0.6 is 0 Å². The summed E-state index contributed by atoms with van der Waals surface area (Å²) in [5.74, 6) is -0.701. The maximum Gasteiger partial charge on any atom is 0.261 e. The Hall–Kier alpha value is -1.05. The van der Waals surface area contributed by atoms with E-state index in [-0.39, 0.29) is 12.5 Å². The van der Waals surface area contributed by atoms with Gasteiger partial charge in [-0.1, -0.05) is 13.3 Å². The Balaban J connectivity index is 2.74. The number of nitrogens with zero attached hydrogens (tertiary/aromatic N) is 1. The van der Waals surface area contributed by atoms with E-state index < -0.39 is 20.9 Å². The fourth-order valence-corrected chi connectivity index (χ4v) is 2.67. The van der Waals surface area contributed by atoms with E-state index in [0.717, 1.165) is 18.9 Å². The average Bonchev–Trinajstić information content (AvgIpc) is 2.34. The summed E-state index contributed by atoms with van der Waals surface area (Å²) < 4.78 is 39.4. The van der Waals surface area contributed by atoms with Gasteiger partial charge < -0.3 is 5.73 Å². The average molecular weight is 275 g/mol. The van der Waals surface area contributed by atoms with Crippen molar-refractivity contribution in [2.45, 2.75) is 24.8 Å². The van der Waals surface area contributed by atoms with Crippen molar-refractivity contribution in [3.8, 4) is 0 Å². The second kappa shape index (κ2) is 6.77. The van der Waals surface area contributed by atoms with Crippen molar-refractivity contribution < 1.29 is 12.8 Å². The van der Waals surface area contributed by atoms with E-state index in [1.165, 1.54) is 12.3 Å². The van der Waals surface area contributed by atoms with Gasteiger partial charge in [-0.15, -0.1) is 0 Å². The fraction of sp³-hybridized carbons (Fsp3) is 0.545.